The number of rotatable bonds is 3. The molecule has 0 fully saturated rings. The summed E-state index contributed by atoms with van der Waals surface area (Å²) >= 11 is 0. The van der Waals surface area contributed by atoms with Gasteiger partial charge in [0.2, 0.25) is 0 Å². The van der Waals surface area contributed by atoms with E-state index in [1.807, 2.05) is 54.9 Å². The van der Waals surface area contributed by atoms with Gasteiger partial charge in [0.25, 0.3) is 0 Å². The van der Waals surface area contributed by atoms with Gasteiger partial charge in [-0.1, -0.05) is 78.9 Å². The molecule has 4 aromatic heterocycles. The van der Waals surface area contributed by atoms with Gasteiger partial charge in [-0.25, -0.2) is 0 Å². The second-order valence-electron chi connectivity index (χ2n) is 11.0. The van der Waals surface area contributed by atoms with Gasteiger partial charge in [0.1, 0.15) is 22.2 Å². The topological polar surface area (TPSA) is 52.1 Å². The molecule has 4 heterocycles. The lowest BCUT2D eigenvalue weighted by molar-refractivity contribution is 0.669. The van der Waals surface area contributed by atoms with Gasteiger partial charge in [-0.2, -0.15) is 0 Å². The third kappa shape index (κ3) is 3.57. The van der Waals surface area contributed by atoms with Crippen LogP contribution in [0, 0.1) is 6.92 Å². The van der Waals surface area contributed by atoms with Crippen molar-refractivity contribution in [2.24, 2.45) is 0 Å². The molecular formula is C39H24N2O2. The summed E-state index contributed by atoms with van der Waals surface area (Å²) in [6.45, 7) is 2.18. The van der Waals surface area contributed by atoms with Crippen LogP contribution in [0.4, 0.5) is 0 Å². The quantitative estimate of drug-likeness (QED) is 0.219. The first kappa shape index (κ1) is 23.9. The maximum Gasteiger partial charge on any atom is 0.161 e. The van der Waals surface area contributed by atoms with Crippen LogP contribution in [0.25, 0.3) is 88.3 Å². The highest BCUT2D eigenvalue weighted by molar-refractivity contribution is 6.12. The molecule has 4 nitrogen and oxygen atoms in total. The molecule has 5 aromatic carbocycles. The van der Waals surface area contributed by atoms with Gasteiger partial charge in [0.05, 0.1) is 0 Å². The summed E-state index contributed by atoms with van der Waals surface area (Å²) in [4.78, 5) is 9.31. The lowest BCUT2D eigenvalue weighted by Gasteiger charge is -2.15. The van der Waals surface area contributed by atoms with Crippen molar-refractivity contribution in [1.82, 2.24) is 9.97 Å². The van der Waals surface area contributed by atoms with Crippen LogP contribution in [0.3, 0.4) is 0 Å². The van der Waals surface area contributed by atoms with E-state index in [4.69, 9.17) is 8.83 Å². The summed E-state index contributed by atoms with van der Waals surface area (Å²) in [6, 6.07) is 40.0. The van der Waals surface area contributed by atoms with E-state index in [0.29, 0.717) is 0 Å². The fourth-order valence-corrected chi connectivity index (χ4v) is 6.55. The lowest BCUT2D eigenvalue weighted by Crippen LogP contribution is -1.90. The number of fused-ring (bicyclic) bond motifs is 7. The van der Waals surface area contributed by atoms with E-state index in [1.54, 1.807) is 0 Å². The second-order valence-corrected chi connectivity index (χ2v) is 11.0. The molecule has 0 aliphatic carbocycles. The van der Waals surface area contributed by atoms with Crippen LogP contribution in [-0.2, 0) is 0 Å². The van der Waals surface area contributed by atoms with E-state index in [9.17, 15) is 0 Å². The average Bonchev–Trinajstić information content (AvgIpc) is 3.63. The summed E-state index contributed by atoms with van der Waals surface area (Å²) in [7, 11) is 0. The number of furan rings is 2. The molecular weight excluding hydrogens is 528 g/mol. The third-order valence-electron chi connectivity index (χ3n) is 8.56. The first-order valence-corrected chi connectivity index (χ1v) is 14.4. The lowest BCUT2D eigenvalue weighted by atomic mass is 9.89. The van der Waals surface area contributed by atoms with Crippen molar-refractivity contribution in [1.29, 1.82) is 0 Å². The average molecular weight is 553 g/mol. The Kier molecular flexibility index (Phi) is 5.08. The molecule has 0 radical (unpaired) electrons. The number of pyridine rings is 2. The number of hydrogen-bond acceptors (Lipinski definition) is 4. The number of aromatic nitrogens is 2. The zero-order valence-electron chi connectivity index (χ0n) is 23.3. The zero-order chi connectivity index (χ0) is 28.5. The summed E-state index contributed by atoms with van der Waals surface area (Å²) < 4.78 is 12.6. The summed E-state index contributed by atoms with van der Waals surface area (Å²) in [6.07, 6.45) is 3.75. The maximum atomic E-state index is 6.35. The minimum Gasteiger partial charge on any atom is -0.454 e. The Morgan fingerprint density at radius 3 is 1.53 bits per heavy atom. The van der Waals surface area contributed by atoms with Gasteiger partial charge >= 0.3 is 0 Å². The molecule has 43 heavy (non-hydrogen) atoms. The highest BCUT2D eigenvalue weighted by atomic mass is 16.3. The summed E-state index contributed by atoms with van der Waals surface area (Å²) in [5.41, 5.74) is 13.0. The molecule has 0 N–H and O–H groups in total. The van der Waals surface area contributed by atoms with Gasteiger partial charge in [0.15, 0.2) is 11.2 Å². The maximum absolute atomic E-state index is 6.35. The van der Waals surface area contributed by atoms with Crippen LogP contribution in [0.2, 0.25) is 0 Å². The second kappa shape index (κ2) is 9.13. The van der Waals surface area contributed by atoms with Crippen LogP contribution in [0.5, 0.6) is 0 Å². The Labute approximate surface area is 246 Å². The van der Waals surface area contributed by atoms with E-state index in [-0.39, 0.29) is 0 Å². The molecule has 0 atom stereocenters. The SMILES string of the molecule is Cc1cc(-c2ccnc3c2oc2ccccc23)ccc1-c1ccc(-c2ccnc3c2oc2ccccc23)c2ccccc12. The molecule has 0 saturated heterocycles. The van der Waals surface area contributed by atoms with Crippen molar-refractivity contribution in [3.63, 3.8) is 0 Å². The number of para-hydroxylation sites is 2. The zero-order valence-corrected chi connectivity index (χ0v) is 23.3. The molecule has 9 aromatic rings. The van der Waals surface area contributed by atoms with Crippen molar-refractivity contribution in [3.8, 4) is 33.4 Å². The fourth-order valence-electron chi connectivity index (χ4n) is 6.55. The van der Waals surface area contributed by atoms with Crippen LogP contribution >= 0.6 is 0 Å². The number of nitrogens with zero attached hydrogens (tertiary/aromatic N) is 2. The first-order valence-electron chi connectivity index (χ1n) is 14.4. The molecule has 9 rings (SSSR count). The standard InChI is InChI=1S/C39H24N2O2/c1-23-22-24(26-18-20-40-36-32-10-4-6-12-34(32)42-38(26)36)14-15-25(23)29-16-17-30(28-9-3-2-8-27(28)29)31-19-21-41-37-33-11-5-7-13-35(33)43-39(31)37/h2-22H,1H3. The Morgan fingerprint density at radius 1 is 0.442 bits per heavy atom. The van der Waals surface area contributed by atoms with E-state index in [0.717, 1.165) is 66.4 Å². The highest BCUT2D eigenvalue weighted by Crippen LogP contribution is 2.42. The molecule has 0 bridgehead atoms. The number of aryl methyl sites for hydroxylation is 1. The highest BCUT2D eigenvalue weighted by Gasteiger charge is 2.18. The molecule has 0 saturated carbocycles. The minimum absolute atomic E-state index is 0.816. The Hall–Kier alpha value is -5.74. The molecule has 202 valence electrons. The predicted molar refractivity (Wildman–Crippen MR) is 175 cm³/mol. The monoisotopic (exact) mass is 552 g/mol. The van der Waals surface area contributed by atoms with Gasteiger partial charge in [-0.05, 0) is 81.9 Å². The molecule has 0 amide bonds. The van der Waals surface area contributed by atoms with Crippen molar-refractivity contribution < 1.29 is 8.83 Å². The van der Waals surface area contributed by atoms with Gasteiger partial charge < -0.3 is 8.83 Å². The predicted octanol–water partition coefficient (Wildman–Crippen LogP) is 10.7. The molecule has 0 aliphatic rings. The van der Waals surface area contributed by atoms with Crippen LogP contribution in [0.1, 0.15) is 5.56 Å². The Balaban J connectivity index is 1.20. The van der Waals surface area contributed by atoms with Gasteiger partial charge in [-0.3, -0.25) is 9.97 Å². The van der Waals surface area contributed by atoms with Crippen LogP contribution < -0.4 is 0 Å². The smallest absolute Gasteiger partial charge is 0.161 e. The van der Waals surface area contributed by atoms with E-state index < -0.39 is 0 Å². The normalized spacial score (nSPS) is 11.8. The van der Waals surface area contributed by atoms with Crippen molar-refractivity contribution in [2.45, 2.75) is 6.92 Å². The van der Waals surface area contributed by atoms with E-state index in [2.05, 4.69) is 89.7 Å². The van der Waals surface area contributed by atoms with Gasteiger partial charge in [-0.15, -0.1) is 0 Å². The van der Waals surface area contributed by atoms with Gasteiger partial charge in [0, 0.05) is 34.3 Å². The third-order valence-corrected chi connectivity index (χ3v) is 8.56. The van der Waals surface area contributed by atoms with Crippen molar-refractivity contribution in [2.75, 3.05) is 0 Å². The van der Waals surface area contributed by atoms with E-state index in [1.165, 1.54) is 27.5 Å². The van der Waals surface area contributed by atoms with Crippen molar-refractivity contribution >= 4 is 54.9 Å². The molecule has 0 unspecified atom stereocenters. The van der Waals surface area contributed by atoms with E-state index >= 15 is 0 Å². The number of hydrogen-bond donors (Lipinski definition) is 0. The number of benzene rings is 5. The minimum atomic E-state index is 0.816. The largest absolute Gasteiger partial charge is 0.454 e. The van der Waals surface area contributed by atoms with Crippen molar-refractivity contribution in [3.05, 3.63) is 133 Å². The summed E-state index contributed by atoms with van der Waals surface area (Å²) in [5, 5.41) is 4.44. The fraction of sp³-hybridized carbons (Fsp3) is 0.0256. The molecule has 4 heteroatoms. The summed E-state index contributed by atoms with van der Waals surface area (Å²) in [5.74, 6) is 0. The Bertz CT molecular complexity index is 2540. The molecule has 0 spiro atoms. The van der Waals surface area contributed by atoms with Crippen LogP contribution in [-0.4, -0.2) is 9.97 Å². The Morgan fingerprint density at radius 2 is 0.930 bits per heavy atom. The first-order chi connectivity index (χ1) is 21.2. The molecule has 0 aliphatic heterocycles. The van der Waals surface area contributed by atoms with Crippen LogP contribution in [0.15, 0.2) is 136 Å².